The summed E-state index contributed by atoms with van der Waals surface area (Å²) in [5.41, 5.74) is 1.86. The zero-order valence-corrected chi connectivity index (χ0v) is 11.3. The van der Waals surface area contributed by atoms with Gasteiger partial charge in [-0.15, -0.1) is 0 Å². The zero-order chi connectivity index (χ0) is 13.9. The maximum Gasteiger partial charge on any atom is 0.292 e. The van der Waals surface area contributed by atoms with E-state index in [2.05, 4.69) is 15.1 Å². The summed E-state index contributed by atoms with van der Waals surface area (Å²) in [7, 11) is 0. The van der Waals surface area contributed by atoms with Crippen molar-refractivity contribution in [2.75, 3.05) is 13.1 Å². The fourth-order valence-corrected chi connectivity index (χ4v) is 2.56. The van der Waals surface area contributed by atoms with Crippen LogP contribution in [0.3, 0.4) is 0 Å². The number of hydrogen-bond acceptors (Lipinski definition) is 5. The Labute approximate surface area is 116 Å². The van der Waals surface area contributed by atoms with Gasteiger partial charge in [0.05, 0.1) is 17.6 Å². The second-order valence-corrected chi connectivity index (χ2v) is 5.05. The molecule has 0 aromatic carbocycles. The zero-order valence-electron chi connectivity index (χ0n) is 11.3. The molecule has 3 heterocycles. The highest BCUT2D eigenvalue weighted by molar-refractivity contribution is 5.91. The van der Waals surface area contributed by atoms with Gasteiger partial charge in [0, 0.05) is 37.5 Å². The molecule has 1 aliphatic rings. The molecule has 6 heteroatoms. The van der Waals surface area contributed by atoms with E-state index >= 15 is 0 Å². The largest absolute Gasteiger partial charge is 0.351 e. The molecular weight excluding hydrogens is 256 g/mol. The molecule has 1 atom stereocenters. The van der Waals surface area contributed by atoms with Gasteiger partial charge in [0.2, 0.25) is 5.76 Å². The van der Waals surface area contributed by atoms with Crippen LogP contribution in [0.5, 0.6) is 0 Å². The summed E-state index contributed by atoms with van der Waals surface area (Å²) in [5, 5.41) is 3.58. The molecule has 0 unspecified atom stereocenters. The Morgan fingerprint density at radius 2 is 2.35 bits per heavy atom. The fourth-order valence-electron chi connectivity index (χ4n) is 2.56. The maximum atomic E-state index is 12.3. The van der Waals surface area contributed by atoms with Gasteiger partial charge in [0.15, 0.2) is 0 Å². The summed E-state index contributed by atoms with van der Waals surface area (Å²) in [5.74, 6) is 0.428. The maximum absolute atomic E-state index is 12.3. The van der Waals surface area contributed by atoms with E-state index in [0.29, 0.717) is 12.3 Å². The van der Waals surface area contributed by atoms with Crippen LogP contribution in [0, 0.1) is 6.92 Å². The lowest BCUT2D eigenvalue weighted by molar-refractivity contribution is 0.0663. The second kappa shape index (κ2) is 5.40. The fraction of sp³-hybridized carbons (Fsp3) is 0.429. The molecule has 0 aliphatic carbocycles. The first kappa shape index (κ1) is 12.8. The minimum atomic E-state index is -0.104. The lowest BCUT2D eigenvalue weighted by Gasteiger charge is -2.31. The Balaban J connectivity index is 1.75. The van der Waals surface area contributed by atoms with E-state index in [-0.39, 0.29) is 11.8 Å². The van der Waals surface area contributed by atoms with E-state index < -0.39 is 0 Å². The first-order valence-corrected chi connectivity index (χ1v) is 6.72. The first-order valence-electron chi connectivity index (χ1n) is 6.72. The van der Waals surface area contributed by atoms with E-state index in [1.165, 1.54) is 6.20 Å². The molecule has 0 radical (unpaired) electrons. The predicted octanol–water partition coefficient (Wildman–Crippen LogP) is 1.79. The van der Waals surface area contributed by atoms with Gasteiger partial charge in [-0.05, 0) is 19.8 Å². The summed E-state index contributed by atoms with van der Waals surface area (Å²) in [6.45, 7) is 3.32. The average molecular weight is 272 g/mol. The van der Waals surface area contributed by atoms with Crippen LogP contribution in [-0.4, -0.2) is 39.0 Å². The molecule has 0 N–H and O–H groups in total. The Morgan fingerprint density at radius 3 is 3.10 bits per heavy atom. The third-order valence-electron chi connectivity index (χ3n) is 3.55. The van der Waals surface area contributed by atoms with Crippen molar-refractivity contribution in [2.45, 2.75) is 25.7 Å². The van der Waals surface area contributed by atoms with Gasteiger partial charge in [-0.3, -0.25) is 14.8 Å². The summed E-state index contributed by atoms with van der Waals surface area (Å²) < 4.78 is 4.94. The molecule has 0 saturated carbocycles. The molecule has 0 bridgehead atoms. The summed E-state index contributed by atoms with van der Waals surface area (Å²) in [4.78, 5) is 22.8. The lowest BCUT2D eigenvalue weighted by atomic mass is 9.95. The number of rotatable bonds is 2. The SMILES string of the molecule is Cc1cncc([C@H]2CCCN(C(=O)c3ccno3)C2)n1. The third-order valence-corrected chi connectivity index (χ3v) is 3.55. The highest BCUT2D eigenvalue weighted by Crippen LogP contribution is 2.26. The van der Waals surface area contributed by atoms with Crippen LogP contribution in [0.25, 0.3) is 0 Å². The smallest absolute Gasteiger partial charge is 0.292 e. The molecule has 2 aromatic heterocycles. The van der Waals surface area contributed by atoms with Gasteiger partial charge in [0.25, 0.3) is 5.91 Å². The van der Waals surface area contributed by atoms with Crippen LogP contribution in [0.2, 0.25) is 0 Å². The van der Waals surface area contributed by atoms with E-state index in [0.717, 1.165) is 30.8 Å². The van der Waals surface area contributed by atoms with Crippen molar-refractivity contribution in [3.8, 4) is 0 Å². The summed E-state index contributed by atoms with van der Waals surface area (Å²) in [6, 6.07) is 1.60. The molecule has 1 aliphatic heterocycles. The van der Waals surface area contributed by atoms with Gasteiger partial charge >= 0.3 is 0 Å². The van der Waals surface area contributed by atoms with E-state index in [9.17, 15) is 4.79 Å². The van der Waals surface area contributed by atoms with Gasteiger partial charge in [0.1, 0.15) is 0 Å². The highest BCUT2D eigenvalue weighted by Gasteiger charge is 2.27. The Hall–Kier alpha value is -2.24. The molecule has 20 heavy (non-hydrogen) atoms. The third kappa shape index (κ3) is 2.54. The van der Waals surface area contributed by atoms with Crippen molar-refractivity contribution in [3.05, 3.63) is 41.8 Å². The standard InChI is InChI=1S/C14H16N4O2/c1-10-7-15-8-12(17-10)11-3-2-6-18(9-11)14(19)13-4-5-16-20-13/h4-5,7-8,11H,2-3,6,9H2,1H3/t11-/m0/s1. The minimum Gasteiger partial charge on any atom is -0.351 e. The van der Waals surface area contributed by atoms with Gasteiger partial charge in [-0.2, -0.15) is 0 Å². The lowest BCUT2D eigenvalue weighted by Crippen LogP contribution is -2.39. The number of likely N-dealkylation sites (tertiary alicyclic amines) is 1. The Morgan fingerprint density at radius 1 is 1.45 bits per heavy atom. The Bertz CT molecular complexity index is 597. The molecule has 3 rings (SSSR count). The number of aryl methyl sites for hydroxylation is 1. The number of amides is 1. The quantitative estimate of drug-likeness (QED) is 0.833. The number of piperidine rings is 1. The number of carbonyl (C=O) groups is 1. The molecule has 0 spiro atoms. The number of carbonyl (C=O) groups excluding carboxylic acids is 1. The topological polar surface area (TPSA) is 72.1 Å². The number of aromatic nitrogens is 3. The van der Waals surface area contributed by atoms with Gasteiger partial charge in [-0.1, -0.05) is 5.16 Å². The highest BCUT2D eigenvalue weighted by atomic mass is 16.5. The van der Waals surface area contributed by atoms with Crippen molar-refractivity contribution >= 4 is 5.91 Å². The monoisotopic (exact) mass is 272 g/mol. The van der Waals surface area contributed by atoms with Crippen LogP contribution in [0.4, 0.5) is 0 Å². The van der Waals surface area contributed by atoms with E-state index in [4.69, 9.17) is 4.52 Å². The van der Waals surface area contributed by atoms with Crippen LogP contribution in [0.15, 0.2) is 29.2 Å². The van der Waals surface area contributed by atoms with E-state index in [1.54, 1.807) is 23.4 Å². The molecule has 1 fully saturated rings. The number of hydrogen-bond donors (Lipinski definition) is 0. The van der Waals surface area contributed by atoms with E-state index in [1.807, 2.05) is 6.92 Å². The van der Waals surface area contributed by atoms with Crippen molar-refractivity contribution in [1.29, 1.82) is 0 Å². The predicted molar refractivity (Wildman–Crippen MR) is 71.2 cm³/mol. The van der Waals surface area contributed by atoms with Crippen LogP contribution >= 0.6 is 0 Å². The molecule has 1 amide bonds. The van der Waals surface area contributed by atoms with Crippen LogP contribution < -0.4 is 0 Å². The van der Waals surface area contributed by atoms with Crippen molar-refractivity contribution in [3.63, 3.8) is 0 Å². The van der Waals surface area contributed by atoms with Crippen molar-refractivity contribution < 1.29 is 9.32 Å². The average Bonchev–Trinajstić information content (AvgIpc) is 3.01. The molecular formula is C14H16N4O2. The van der Waals surface area contributed by atoms with Gasteiger partial charge in [-0.25, -0.2) is 0 Å². The van der Waals surface area contributed by atoms with Crippen LogP contribution in [0.1, 0.15) is 40.7 Å². The van der Waals surface area contributed by atoms with Crippen LogP contribution in [-0.2, 0) is 0 Å². The minimum absolute atomic E-state index is 0.104. The number of nitrogens with zero attached hydrogens (tertiary/aromatic N) is 4. The summed E-state index contributed by atoms with van der Waals surface area (Å²) >= 11 is 0. The Kier molecular flexibility index (Phi) is 3.45. The second-order valence-electron chi connectivity index (χ2n) is 5.05. The first-order chi connectivity index (χ1) is 9.74. The normalized spacial score (nSPS) is 19.1. The molecule has 2 aromatic rings. The molecule has 1 saturated heterocycles. The molecule has 104 valence electrons. The molecule has 6 nitrogen and oxygen atoms in total. The van der Waals surface area contributed by atoms with Crippen molar-refractivity contribution in [1.82, 2.24) is 20.0 Å². The van der Waals surface area contributed by atoms with Gasteiger partial charge < -0.3 is 9.42 Å². The summed E-state index contributed by atoms with van der Waals surface area (Å²) in [6.07, 6.45) is 7.00. The van der Waals surface area contributed by atoms with Crippen molar-refractivity contribution in [2.24, 2.45) is 0 Å².